The Kier molecular flexibility index (Phi) is 6.36. The molecule has 1 unspecified atom stereocenters. The summed E-state index contributed by atoms with van der Waals surface area (Å²) < 4.78 is 26.8. The van der Waals surface area contributed by atoms with E-state index < -0.39 is 10.0 Å². The van der Waals surface area contributed by atoms with Crippen LogP contribution < -0.4 is 10.0 Å². The minimum absolute atomic E-state index is 0. The number of piperidine rings is 1. The van der Waals surface area contributed by atoms with E-state index in [0.717, 1.165) is 25.9 Å². The first-order valence-electron chi connectivity index (χ1n) is 6.19. The summed E-state index contributed by atoms with van der Waals surface area (Å²) in [6, 6.07) is 4.70. The minimum atomic E-state index is -3.67. The SMILES string of the molecule is Cl.N#Cc1ncccc1S(=O)(=O)NCC1CCCNC1. The van der Waals surface area contributed by atoms with E-state index in [2.05, 4.69) is 15.0 Å². The molecule has 20 heavy (non-hydrogen) atoms. The molecule has 1 aliphatic heterocycles. The minimum Gasteiger partial charge on any atom is -0.316 e. The second-order valence-corrected chi connectivity index (χ2v) is 6.26. The number of aromatic nitrogens is 1. The maximum Gasteiger partial charge on any atom is 0.243 e. The molecule has 1 atom stereocenters. The van der Waals surface area contributed by atoms with Gasteiger partial charge in [0.1, 0.15) is 11.0 Å². The van der Waals surface area contributed by atoms with E-state index in [1.807, 2.05) is 0 Å². The number of hydrogen-bond donors (Lipinski definition) is 2. The molecule has 8 heteroatoms. The van der Waals surface area contributed by atoms with Gasteiger partial charge < -0.3 is 5.32 Å². The molecule has 0 saturated carbocycles. The largest absolute Gasteiger partial charge is 0.316 e. The molecule has 1 aliphatic rings. The van der Waals surface area contributed by atoms with E-state index in [-0.39, 0.29) is 23.0 Å². The van der Waals surface area contributed by atoms with Gasteiger partial charge in [0, 0.05) is 12.7 Å². The van der Waals surface area contributed by atoms with Crippen molar-refractivity contribution in [3.8, 4) is 6.07 Å². The van der Waals surface area contributed by atoms with Crippen LogP contribution in [0.4, 0.5) is 0 Å². The van der Waals surface area contributed by atoms with E-state index in [1.165, 1.54) is 18.3 Å². The van der Waals surface area contributed by atoms with Crippen LogP contribution in [0.5, 0.6) is 0 Å². The van der Waals surface area contributed by atoms with Crippen molar-refractivity contribution in [2.45, 2.75) is 17.7 Å². The lowest BCUT2D eigenvalue weighted by atomic mass is 10.0. The molecule has 0 bridgehead atoms. The Balaban J connectivity index is 0.00000200. The van der Waals surface area contributed by atoms with Crippen molar-refractivity contribution in [1.82, 2.24) is 15.0 Å². The first-order valence-corrected chi connectivity index (χ1v) is 7.67. The highest BCUT2D eigenvalue weighted by atomic mass is 35.5. The molecule has 2 rings (SSSR count). The first kappa shape index (κ1) is 16.9. The van der Waals surface area contributed by atoms with Crippen LogP contribution in [0.1, 0.15) is 18.5 Å². The van der Waals surface area contributed by atoms with Gasteiger partial charge in [-0.1, -0.05) is 0 Å². The molecular weight excluding hydrogens is 300 g/mol. The summed E-state index contributed by atoms with van der Waals surface area (Å²) in [6.07, 6.45) is 3.47. The normalized spacial score (nSPS) is 18.9. The van der Waals surface area contributed by atoms with Crippen molar-refractivity contribution in [3.05, 3.63) is 24.0 Å². The molecule has 6 nitrogen and oxygen atoms in total. The number of rotatable bonds is 4. The van der Waals surface area contributed by atoms with E-state index in [1.54, 1.807) is 6.07 Å². The molecule has 2 heterocycles. The van der Waals surface area contributed by atoms with E-state index >= 15 is 0 Å². The molecule has 0 aliphatic carbocycles. The molecule has 0 aromatic carbocycles. The van der Waals surface area contributed by atoms with Crippen LogP contribution in [-0.4, -0.2) is 33.0 Å². The highest BCUT2D eigenvalue weighted by molar-refractivity contribution is 7.89. The first-order chi connectivity index (χ1) is 9.13. The van der Waals surface area contributed by atoms with Gasteiger partial charge in [-0.05, 0) is 44.0 Å². The molecule has 1 aromatic rings. The van der Waals surface area contributed by atoms with Gasteiger partial charge in [0.25, 0.3) is 0 Å². The van der Waals surface area contributed by atoms with E-state index in [0.29, 0.717) is 12.5 Å². The van der Waals surface area contributed by atoms with Crippen LogP contribution in [0, 0.1) is 17.2 Å². The number of nitrogens with zero attached hydrogens (tertiary/aromatic N) is 2. The number of halogens is 1. The Morgan fingerprint density at radius 2 is 2.35 bits per heavy atom. The van der Waals surface area contributed by atoms with Crippen molar-refractivity contribution in [2.24, 2.45) is 5.92 Å². The second-order valence-electron chi connectivity index (χ2n) is 4.53. The summed E-state index contributed by atoms with van der Waals surface area (Å²) in [7, 11) is -3.67. The van der Waals surface area contributed by atoms with Crippen molar-refractivity contribution in [1.29, 1.82) is 5.26 Å². The highest BCUT2D eigenvalue weighted by Crippen LogP contribution is 2.14. The number of pyridine rings is 1. The second kappa shape index (κ2) is 7.55. The molecule has 110 valence electrons. The fourth-order valence-electron chi connectivity index (χ4n) is 2.09. The van der Waals surface area contributed by atoms with Gasteiger partial charge in [-0.25, -0.2) is 18.1 Å². The van der Waals surface area contributed by atoms with Gasteiger partial charge in [-0.15, -0.1) is 12.4 Å². The Hall–Kier alpha value is -1.20. The van der Waals surface area contributed by atoms with Crippen LogP contribution in [-0.2, 0) is 10.0 Å². The third kappa shape index (κ3) is 4.15. The van der Waals surface area contributed by atoms with Gasteiger partial charge >= 0.3 is 0 Å². The van der Waals surface area contributed by atoms with Crippen LogP contribution in [0.3, 0.4) is 0 Å². The van der Waals surface area contributed by atoms with Gasteiger partial charge in [0.2, 0.25) is 10.0 Å². The lowest BCUT2D eigenvalue weighted by Crippen LogP contribution is -2.38. The summed E-state index contributed by atoms with van der Waals surface area (Å²) in [4.78, 5) is 3.71. The van der Waals surface area contributed by atoms with Crippen molar-refractivity contribution in [3.63, 3.8) is 0 Å². The lowest BCUT2D eigenvalue weighted by Gasteiger charge is -2.22. The Labute approximate surface area is 125 Å². The van der Waals surface area contributed by atoms with Crippen LogP contribution >= 0.6 is 12.4 Å². The summed E-state index contributed by atoms with van der Waals surface area (Å²) in [5.74, 6) is 0.297. The predicted molar refractivity (Wildman–Crippen MR) is 77.0 cm³/mol. The summed E-state index contributed by atoms with van der Waals surface area (Å²) in [6.45, 7) is 2.19. The van der Waals surface area contributed by atoms with Crippen molar-refractivity contribution < 1.29 is 8.42 Å². The zero-order valence-corrected chi connectivity index (χ0v) is 12.5. The van der Waals surface area contributed by atoms with Crippen LogP contribution in [0.15, 0.2) is 23.2 Å². The third-order valence-electron chi connectivity index (χ3n) is 3.13. The fraction of sp³-hybridized carbons (Fsp3) is 0.500. The van der Waals surface area contributed by atoms with E-state index in [9.17, 15) is 8.42 Å². The average molecular weight is 317 g/mol. The van der Waals surface area contributed by atoms with Crippen LogP contribution in [0.2, 0.25) is 0 Å². The quantitative estimate of drug-likeness (QED) is 0.850. The number of nitrogens with one attached hydrogen (secondary N) is 2. The molecule has 1 saturated heterocycles. The third-order valence-corrected chi connectivity index (χ3v) is 4.58. The molecule has 0 amide bonds. The Morgan fingerprint density at radius 3 is 3.00 bits per heavy atom. The maximum atomic E-state index is 12.1. The summed E-state index contributed by atoms with van der Waals surface area (Å²) in [5.41, 5.74) is -0.0724. The number of nitriles is 1. The average Bonchev–Trinajstić information content (AvgIpc) is 2.46. The summed E-state index contributed by atoms with van der Waals surface area (Å²) in [5, 5.41) is 12.1. The molecule has 1 fully saturated rings. The zero-order chi connectivity index (χ0) is 13.7. The van der Waals surface area contributed by atoms with Crippen molar-refractivity contribution >= 4 is 22.4 Å². The van der Waals surface area contributed by atoms with Crippen LogP contribution in [0.25, 0.3) is 0 Å². The number of sulfonamides is 1. The monoisotopic (exact) mass is 316 g/mol. The molecule has 0 spiro atoms. The van der Waals surface area contributed by atoms with Gasteiger partial charge in [0.15, 0.2) is 5.69 Å². The molecule has 2 N–H and O–H groups in total. The van der Waals surface area contributed by atoms with Gasteiger partial charge in [-0.2, -0.15) is 5.26 Å². The number of hydrogen-bond acceptors (Lipinski definition) is 5. The molecule has 1 aromatic heterocycles. The van der Waals surface area contributed by atoms with E-state index in [4.69, 9.17) is 5.26 Å². The maximum absolute atomic E-state index is 12.1. The smallest absolute Gasteiger partial charge is 0.243 e. The molecule has 0 radical (unpaired) electrons. The zero-order valence-electron chi connectivity index (χ0n) is 10.9. The Morgan fingerprint density at radius 1 is 1.55 bits per heavy atom. The standard InChI is InChI=1S/C12H16N4O2S.ClH/c13-7-11-12(4-2-6-15-11)19(17,18)16-9-10-3-1-5-14-8-10;/h2,4,6,10,14,16H,1,3,5,8-9H2;1H. The van der Waals surface area contributed by atoms with Crippen molar-refractivity contribution in [2.75, 3.05) is 19.6 Å². The predicted octanol–water partition coefficient (Wildman–Crippen LogP) is 0.653. The highest BCUT2D eigenvalue weighted by Gasteiger charge is 2.21. The molecular formula is C12H17ClN4O2S. The lowest BCUT2D eigenvalue weighted by molar-refractivity contribution is 0.376. The fourth-order valence-corrected chi connectivity index (χ4v) is 3.32. The topological polar surface area (TPSA) is 94.9 Å². The van der Waals surface area contributed by atoms with Gasteiger partial charge in [0.05, 0.1) is 0 Å². The summed E-state index contributed by atoms with van der Waals surface area (Å²) >= 11 is 0. The Bertz CT molecular complexity index is 579. The van der Waals surface area contributed by atoms with Gasteiger partial charge in [-0.3, -0.25) is 0 Å².